The number of pyridine rings is 1. The Balaban J connectivity index is 0.00000549. The summed E-state index contributed by atoms with van der Waals surface area (Å²) in [5.74, 6) is 0.879. The molecule has 1 N–H and O–H groups in total. The molecule has 0 aliphatic rings. The van der Waals surface area contributed by atoms with Gasteiger partial charge >= 0.3 is 0 Å². The van der Waals surface area contributed by atoms with Crippen molar-refractivity contribution < 1.29 is 26.2 Å². The Labute approximate surface area is 354 Å². The SMILES string of the molecule is CC(C)(C)c1cc(-n2c(-c3ccccc3O)nc3c(-c4[c-]c(-c5cc(C(C)(C)C)ccn5)cc(-c5ccccc5)c4)cc(C(C)(C)C)cc32)cc(C(C)(C)C)c1.[Pt]. The fraction of sp³-hybridized carbons (Fsp3) is 0.308. The second-order valence-corrected chi connectivity index (χ2v) is 19.4. The number of aromatic nitrogens is 3. The third-order valence-electron chi connectivity index (χ3n) is 10.8. The van der Waals surface area contributed by atoms with E-state index in [1.54, 1.807) is 6.07 Å². The molecule has 0 radical (unpaired) electrons. The summed E-state index contributed by atoms with van der Waals surface area (Å²) in [6, 6.07) is 42.2. The van der Waals surface area contributed by atoms with Crippen molar-refractivity contribution in [3.63, 3.8) is 0 Å². The predicted molar refractivity (Wildman–Crippen MR) is 236 cm³/mol. The monoisotopic (exact) mass is 933 g/mol. The van der Waals surface area contributed by atoms with Crippen LogP contribution in [0.3, 0.4) is 0 Å². The van der Waals surface area contributed by atoms with E-state index in [0.29, 0.717) is 11.4 Å². The Bertz CT molecular complexity index is 2540. The number of rotatable bonds is 5. The van der Waals surface area contributed by atoms with Crippen molar-refractivity contribution in [2.24, 2.45) is 0 Å². The van der Waals surface area contributed by atoms with E-state index in [2.05, 4.69) is 179 Å². The molecule has 0 saturated carbocycles. The van der Waals surface area contributed by atoms with Crippen molar-refractivity contribution in [2.45, 2.75) is 105 Å². The van der Waals surface area contributed by atoms with Gasteiger partial charge in [0, 0.05) is 38.6 Å². The van der Waals surface area contributed by atoms with Gasteiger partial charge < -0.3 is 5.11 Å². The number of aromatic hydroxyl groups is 1. The molecule has 2 heterocycles. The second-order valence-electron chi connectivity index (χ2n) is 19.4. The van der Waals surface area contributed by atoms with Gasteiger partial charge in [0.05, 0.1) is 16.6 Å². The molecule has 0 spiro atoms. The van der Waals surface area contributed by atoms with Crippen LogP contribution in [0, 0.1) is 6.07 Å². The maximum atomic E-state index is 11.4. The van der Waals surface area contributed by atoms with Gasteiger partial charge in [0.15, 0.2) is 0 Å². The number of fused-ring (bicyclic) bond motifs is 1. The van der Waals surface area contributed by atoms with Crippen LogP contribution in [0.1, 0.15) is 105 Å². The van der Waals surface area contributed by atoms with Crippen molar-refractivity contribution in [3.05, 3.63) is 144 Å². The van der Waals surface area contributed by atoms with Gasteiger partial charge in [-0.05, 0) is 85.9 Å². The van der Waals surface area contributed by atoms with E-state index < -0.39 is 0 Å². The standard InChI is InChI=1S/C52H56N3O.Pt/c1-49(2,3)37-22-23-53-44(31-37)36-25-34(33-18-14-13-15-19-33)24-35(26-36)43-30-40(52(10,11)12)32-45-47(43)54-48(42-20-16-17-21-46(42)56)55(45)41-28-38(50(4,5)6)27-39(29-41)51(7,8)9;/h13-25,27-32,56H,1-12H3;/q-1;. The number of para-hydroxylation sites is 1. The van der Waals surface area contributed by atoms with Crippen LogP contribution >= 0.6 is 0 Å². The van der Waals surface area contributed by atoms with Crippen molar-refractivity contribution in [3.8, 4) is 56.3 Å². The summed E-state index contributed by atoms with van der Waals surface area (Å²) >= 11 is 0. The molecule has 0 amide bonds. The summed E-state index contributed by atoms with van der Waals surface area (Å²) < 4.78 is 2.27. The van der Waals surface area contributed by atoms with Gasteiger partial charge in [-0.15, -0.1) is 23.8 Å². The van der Waals surface area contributed by atoms with Crippen LogP contribution in [0.4, 0.5) is 0 Å². The van der Waals surface area contributed by atoms with Gasteiger partial charge in [-0.2, -0.15) is 0 Å². The van der Waals surface area contributed by atoms with Crippen LogP contribution in [-0.2, 0) is 42.7 Å². The minimum absolute atomic E-state index is 0. The summed E-state index contributed by atoms with van der Waals surface area (Å²) in [5, 5.41) is 11.4. The Morgan fingerprint density at radius 2 is 1.09 bits per heavy atom. The zero-order chi connectivity index (χ0) is 40.4. The summed E-state index contributed by atoms with van der Waals surface area (Å²) in [6.07, 6.45) is 1.91. The number of phenols is 1. The summed E-state index contributed by atoms with van der Waals surface area (Å²) in [4.78, 5) is 10.4. The first-order valence-electron chi connectivity index (χ1n) is 19.8. The quantitative estimate of drug-likeness (QED) is 0.175. The van der Waals surface area contributed by atoms with Crippen molar-refractivity contribution in [2.75, 3.05) is 0 Å². The normalized spacial score (nSPS) is 12.5. The molecule has 0 aliphatic carbocycles. The molecule has 0 unspecified atom stereocenters. The van der Waals surface area contributed by atoms with Crippen molar-refractivity contribution in [1.82, 2.24) is 14.5 Å². The third kappa shape index (κ3) is 8.58. The Morgan fingerprint density at radius 3 is 1.68 bits per heavy atom. The maximum Gasteiger partial charge on any atom is 0.148 e. The number of hydrogen-bond acceptors (Lipinski definition) is 3. The van der Waals surface area contributed by atoms with E-state index in [1.807, 2.05) is 24.4 Å². The van der Waals surface area contributed by atoms with E-state index in [9.17, 15) is 5.11 Å². The molecule has 0 atom stereocenters. The number of phenolic OH excluding ortho intramolecular Hbond substituents is 1. The molecule has 7 rings (SSSR count). The first-order chi connectivity index (χ1) is 26.2. The zero-order valence-corrected chi connectivity index (χ0v) is 37.8. The third-order valence-corrected chi connectivity index (χ3v) is 10.8. The predicted octanol–water partition coefficient (Wildman–Crippen LogP) is 13.8. The molecule has 5 heteroatoms. The van der Waals surface area contributed by atoms with E-state index in [1.165, 1.54) is 22.3 Å². The van der Waals surface area contributed by atoms with Crippen LogP contribution in [-0.4, -0.2) is 19.6 Å². The number of imidazole rings is 1. The molecule has 57 heavy (non-hydrogen) atoms. The van der Waals surface area contributed by atoms with E-state index in [-0.39, 0.29) is 48.5 Å². The summed E-state index contributed by atoms with van der Waals surface area (Å²) in [5.41, 5.74) is 13.9. The number of nitrogens with zero attached hydrogens (tertiary/aromatic N) is 3. The molecule has 0 saturated heterocycles. The fourth-order valence-electron chi connectivity index (χ4n) is 7.22. The van der Waals surface area contributed by atoms with Gasteiger partial charge in [-0.25, -0.2) is 4.98 Å². The van der Waals surface area contributed by atoms with Crippen LogP contribution in [0.5, 0.6) is 5.75 Å². The minimum Gasteiger partial charge on any atom is -0.507 e. The van der Waals surface area contributed by atoms with E-state index in [4.69, 9.17) is 9.97 Å². The second kappa shape index (κ2) is 15.2. The zero-order valence-electron chi connectivity index (χ0n) is 35.6. The topological polar surface area (TPSA) is 50.9 Å². The summed E-state index contributed by atoms with van der Waals surface area (Å²) in [7, 11) is 0. The Kier molecular flexibility index (Phi) is 11.1. The van der Waals surface area contributed by atoms with Crippen molar-refractivity contribution in [1.29, 1.82) is 0 Å². The maximum absolute atomic E-state index is 11.4. The van der Waals surface area contributed by atoms with Crippen LogP contribution in [0.25, 0.3) is 61.6 Å². The Morgan fingerprint density at radius 1 is 0.526 bits per heavy atom. The van der Waals surface area contributed by atoms with Gasteiger partial charge in [0.2, 0.25) is 0 Å². The number of benzene rings is 5. The molecule has 0 bridgehead atoms. The molecule has 0 fully saturated rings. The molecule has 5 aromatic carbocycles. The van der Waals surface area contributed by atoms with Crippen LogP contribution in [0.15, 0.2) is 115 Å². The van der Waals surface area contributed by atoms with Gasteiger partial charge in [-0.3, -0.25) is 9.55 Å². The van der Waals surface area contributed by atoms with Gasteiger partial charge in [0.25, 0.3) is 0 Å². The average molecular weight is 934 g/mol. The Hall–Kier alpha value is -4.79. The van der Waals surface area contributed by atoms with Crippen molar-refractivity contribution >= 4 is 11.0 Å². The molecule has 296 valence electrons. The molecule has 0 aliphatic heterocycles. The largest absolute Gasteiger partial charge is 0.507 e. The smallest absolute Gasteiger partial charge is 0.148 e. The van der Waals surface area contributed by atoms with E-state index >= 15 is 0 Å². The minimum atomic E-state index is -0.181. The molecule has 7 aromatic rings. The summed E-state index contributed by atoms with van der Waals surface area (Å²) in [6.45, 7) is 27.1. The van der Waals surface area contributed by atoms with Gasteiger partial charge in [-0.1, -0.05) is 160 Å². The van der Waals surface area contributed by atoms with E-state index in [0.717, 1.165) is 50.2 Å². The molecule has 4 nitrogen and oxygen atoms in total. The first-order valence-corrected chi connectivity index (χ1v) is 19.8. The first kappa shape index (κ1) is 41.8. The van der Waals surface area contributed by atoms with Gasteiger partial charge in [0.1, 0.15) is 11.6 Å². The fourth-order valence-corrected chi connectivity index (χ4v) is 7.22. The van der Waals surface area contributed by atoms with Crippen LogP contribution in [0.2, 0.25) is 0 Å². The molecule has 2 aromatic heterocycles. The number of hydrogen-bond donors (Lipinski definition) is 1. The average Bonchev–Trinajstić information content (AvgIpc) is 3.53. The molecular weight excluding hydrogens is 878 g/mol. The van der Waals surface area contributed by atoms with Crippen LogP contribution < -0.4 is 0 Å². The molecular formula is C52H56N3OPt-.